The number of epoxide rings is 1. The van der Waals surface area contributed by atoms with Crippen molar-refractivity contribution in [2.75, 3.05) is 26.4 Å². The average Bonchev–Trinajstić information content (AvgIpc) is 3.96. The van der Waals surface area contributed by atoms with E-state index in [4.69, 9.17) is 28.4 Å². The second kappa shape index (κ2) is 37.0. The molecule has 0 aromatic carbocycles. The SMILES string of the molecule is CCCCC/C=C\C/C=C\CC1OC1C/C=C\CCCC(=O)OC[C@H](COP(=O)(O)OC[C@@H](O)CO)OC(=O)CCCCCCCCCCCCCCCCC(C)C. The number of phosphoric ester groups is 1. The first-order chi connectivity index (χ1) is 28.1. The van der Waals surface area contributed by atoms with E-state index in [0.29, 0.717) is 19.3 Å². The number of allylic oxidation sites excluding steroid dienone is 4. The highest BCUT2D eigenvalue weighted by Crippen LogP contribution is 2.43. The van der Waals surface area contributed by atoms with Crippen molar-refractivity contribution in [1.82, 2.24) is 0 Å². The fourth-order valence-electron chi connectivity index (χ4n) is 6.45. The van der Waals surface area contributed by atoms with Gasteiger partial charge in [-0.05, 0) is 57.3 Å². The number of carbonyl (C=O) groups is 2. The number of rotatable bonds is 41. The summed E-state index contributed by atoms with van der Waals surface area (Å²) >= 11 is 0. The molecule has 0 spiro atoms. The van der Waals surface area contributed by atoms with Crippen LogP contribution in [-0.4, -0.2) is 77.9 Å². The van der Waals surface area contributed by atoms with E-state index < -0.39 is 51.8 Å². The van der Waals surface area contributed by atoms with E-state index in [2.05, 4.69) is 51.2 Å². The topological polar surface area (TPSA) is 161 Å². The fraction of sp³-hybridized carbons (Fsp3) is 0.826. The van der Waals surface area contributed by atoms with Gasteiger partial charge in [0, 0.05) is 12.8 Å². The monoisotopic (exact) mass is 843 g/mol. The van der Waals surface area contributed by atoms with Crippen LogP contribution < -0.4 is 0 Å². The van der Waals surface area contributed by atoms with Crippen molar-refractivity contribution in [3.05, 3.63) is 36.5 Å². The molecule has 12 heteroatoms. The first kappa shape index (κ1) is 54.2. The minimum atomic E-state index is -4.64. The summed E-state index contributed by atoms with van der Waals surface area (Å²) in [5.74, 6) is -0.176. The molecule has 3 N–H and O–H groups in total. The number of esters is 2. The summed E-state index contributed by atoms with van der Waals surface area (Å²) in [6, 6.07) is 0. The summed E-state index contributed by atoms with van der Waals surface area (Å²) in [5.41, 5.74) is 0. The molecule has 0 amide bonds. The number of aliphatic hydroxyl groups excluding tert-OH is 2. The maximum Gasteiger partial charge on any atom is 0.472 e. The molecule has 5 atom stereocenters. The molecule has 0 saturated carbocycles. The fourth-order valence-corrected chi connectivity index (χ4v) is 7.24. The van der Waals surface area contributed by atoms with Gasteiger partial charge in [0.15, 0.2) is 6.10 Å². The molecule has 0 aliphatic carbocycles. The van der Waals surface area contributed by atoms with Crippen LogP contribution in [0.15, 0.2) is 36.5 Å². The Morgan fingerprint density at radius 2 is 1.17 bits per heavy atom. The zero-order chi connectivity index (χ0) is 42.5. The Balaban J connectivity index is 2.27. The lowest BCUT2D eigenvalue weighted by Crippen LogP contribution is -2.29. The van der Waals surface area contributed by atoms with Crippen LogP contribution >= 0.6 is 7.82 Å². The predicted octanol–water partition coefficient (Wildman–Crippen LogP) is 11.2. The third-order valence-corrected chi connectivity index (χ3v) is 11.1. The zero-order valence-electron chi connectivity index (χ0n) is 36.6. The molecule has 0 aromatic rings. The van der Waals surface area contributed by atoms with Gasteiger partial charge in [0.1, 0.15) is 12.7 Å². The second-order valence-corrected chi connectivity index (χ2v) is 17.7. The van der Waals surface area contributed by atoms with Crippen molar-refractivity contribution < 1.29 is 52.5 Å². The van der Waals surface area contributed by atoms with E-state index in [-0.39, 0.29) is 31.7 Å². The summed E-state index contributed by atoms with van der Waals surface area (Å²) in [7, 11) is -4.64. The third-order valence-electron chi connectivity index (χ3n) is 10.1. The van der Waals surface area contributed by atoms with Crippen LogP contribution in [0, 0.1) is 5.92 Å². The summed E-state index contributed by atoms with van der Waals surface area (Å²) in [4.78, 5) is 35.1. The molecule has 1 rings (SSSR count). The number of phosphoric acid groups is 1. The average molecular weight is 843 g/mol. The highest BCUT2D eigenvalue weighted by atomic mass is 31.2. The highest BCUT2D eigenvalue weighted by molar-refractivity contribution is 7.47. The van der Waals surface area contributed by atoms with E-state index in [1.165, 1.54) is 89.9 Å². The molecule has 1 aliphatic heterocycles. The lowest BCUT2D eigenvalue weighted by molar-refractivity contribution is -0.161. The molecule has 1 aliphatic rings. The maximum absolute atomic E-state index is 12.6. The van der Waals surface area contributed by atoms with Gasteiger partial charge in [0.25, 0.3) is 0 Å². The second-order valence-electron chi connectivity index (χ2n) is 16.3. The molecule has 0 radical (unpaired) electrons. The molecule has 338 valence electrons. The molecule has 1 saturated heterocycles. The summed E-state index contributed by atoms with van der Waals surface area (Å²) < 4.78 is 38.5. The van der Waals surface area contributed by atoms with Crippen molar-refractivity contribution in [1.29, 1.82) is 0 Å². The Labute approximate surface area is 352 Å². The number of ether oxygens (including phenoxy) is 3. The van der Waals surface area contributed by atoms with Crippen LogP contribution in [0.1, 0.15) is 188 Å². The van der Waals surface area contributed by atoms with Crippen molar-refractivity contribution >= 4 is 19.8 Å². The largest absolute Gasteiger partial charge is 0.472 e. The van der Waals surface area contributed by atoms with Gasteiger partial charge in [0.05, 0.1) is 32.0 Å². The molecule has 1 fully saturated rings. The number of carbonyl (C=O) groups excluding carboxylic acids is 2. The van der Waals surface area contributed by atoms with E-state index in [1.54, 1.807) is 0 Å². The molecule has 1 heterocycles. The van der Waals surface area contributed by atoms with Gasteiger partial charge in [-0.2, -0.15) is 0 Å². The van der Waals surface area contributed by atoms with E-state index in [0.717, 1.165) is 50.9 Å². The van der Waals surface area contributed by atoms with Gasteiger partial charge >= 0.3 is 19.8 Å². The molecule has 58 heavy (non-hydrogen) atoms. The minimum absolute atomic E-state index is 0.158. The Bertz CT molecular complexity index is 1140. The van der Waals surface area contributed by atoms with E-state index in [1.807, 2.05) is 6.08 Å². The highest BCUT2D eigenvalue weighted by Gasteiger charge is 2.36. The smallest absolute Gasteiger partial charge is 0.462 e. The Hall–Kier alpha value is -1.85. The molecular weight excluding hydrogens is 759 g/mol. The number of unbranched alkanes of at least 4 members (excludes halogenated alkanes) is 17. The number of aliphatic hydroxyl groups is 2. The van der Waals surface area contributed by atoms with Crippen molar-refractivity contribution in [3.8, 4) is 0 Å². The van der Waals surface area contributed by atoms with Crippen LogP contribution in [0.5, 0.6) is 0 Å². The van der Waals surface area contributed by atoms with Crippen LogP contribution in [0.4, 0.5) is 0 Å². The summed E-state index contributed by atoms with van der Waals surface area (Å²) in [5, 5.41) is 18.4. The van der Waals surface area contributed by atoms with Crippen molar-refractivity contribution in [2.24, 2.45) is 5.92 Å². The van der Waals surface area contributed by atoms with Gasteiger partial charge < -0.3 is 29.3 Å². The summed E-state index contributed by atoms with van der Waals surface area (Å²) in [6.07, 6.45) is 38.5. The first-order valence-corrected chi connectivity index (χ1v) is 24.4. The maximum atomic E-state index is 12.6. The van der Waals surface area contributed by atoms with Gasteiger partial charge in [-0.1, -0.05) is 160 Å². The lowest BCUT2D eigenvalue weighted by atomic mass is 10.0. The molecule has 11 nitrogen and oxygen atoms in total. The van der Waals surface area contributed by atoms with Crippen molar-refractivity contribution in [2.45, 2.75) is 212 Å². The van der Waals surface area contributed by atoms with Gasteiger partial charge in [-0.15, -0.1) is 0 Å². The van der Waals surface area contributed by atoms with Crippen LogP contribution in [-0.2, 0) is 37.4 Å². The zero-order valence-corrected chi connectivity index (χ0v) is 37.5. The van der Waals surface area contributed by atoms with Crippen LogP contribution in [0.3, 0.4) is 0 Å². The van der Waals surface area contributed by atoms with Crippen LogP contribution in [0.25, 0.3) is 0 Å². The Morgan fingerprint density at radius 1 is 0.655 bits per heavy atom. The number of hydrogen-bond donors (Lipinski definition) is 3. The van der Waals surface area contributed by atoms with E-state index >= 15 is 0 Å². The first-order valence-electron chi connectivity index (χ1n) is 22.9. The molecule has 3 unspecified atom stereocenters. The molecule has 0 bridgehead atoms. The van der Waals surface area contributed by atoms with Gasteiger partial charge in [-0.25, -0.2) is 4.57 Å². The summed E-state index contributed by atoms with van der Waals surface area (Å²) in [6.45, 7) is 4.62. The normalized spacial score (nSPS) is 17.7. The molecular formula is C46H83O11P. The Morgan fingerprint density at radius 3 is 1.78 bits per heavy atom. The third kappa shape index (κ3) is 35.0. The van der Waals surface area contributed by atoms with Crippen LogP contribution in [0.2, 0.25) is 0 Å². The number of hydrogen-bond acceptors (Lipinski definition) is 10. The Kier molecular flexibility index (Phi) is 34.5. The lowest BCUT2D eigenvalue weighted by Gasteiger charge is -2.20. The quantitative estimate of drug-likeness (QED) is 0.0177. The predicted molar refractivity (Wildman–Crippen MR) is 232 cm³/mol. The van der Waals surface area contributed by atoms with Gasteiger partial charge in [-0.3, -0.25) is 18.6 Å². The van der Waals surface area contributed by atoms with E-state index in [9.17, 15) is 24.2 Å². The minimum Gasteiger partial charge on any atom is -0.462 e. The van der Waals surface area contributed by atoms with Crippen molar-refractivity contribution in [3.63, 3.8) is 0 Å². The molecule has 0 aromatic heterocycles. The standard InChI is InChI=1S/C46H83O11P/c1-4-5-6-7-8-15-19-22-27-32-43-44(57-43)33-28-24-25-29-34-45(49)53-38-42(39-55-58(51,52)54-37-41(48)36-47)56-46(50)35-30-23-20-17-14-12-10-9-11-13-16-18-21-26-31-40(2)3/h8,15,22,24,27-28,40-44,47-48H,4-7,9-14,16-21,23,25-26,29-39H2,1-3H3,(H,51,52)/b15-8-,27-22-,28-24-/t41-,42+,43?,44?/m0/s1. The van der Waals surface area contributed by atoms with Gasteiger partial charge in [0.2, 0.25) is 0 Å².